The maximum absolute atomic E-state index is 11.6. The van der Waals surface area contributed by atoms with Crippen LogP contribution in [-0.2, 0) is 0 Å². The van der Waals surface area contributed by atoms with Gasteiger partial charge in [-0.05, 0) is 19.3 Å². The van der Waals surface area contributed by atoms with Gasteiger partial charge < -0.3 is 9.84 Å². The summed E-state index contributed by atoms with van der Waals surface area (Å²) in [5.74, 6) is 1.39. The largest absolute Gasteiger partial charge is 0.361 e. The summed E-state index contributed by atoms with van der Waals surface area (Å²) >= 11 is 5.60. The zero-order valence-electron chi connectivity index (χ0n) is 8.92. The predicted molar refractivity (Wildman–Crippen MR) is 58.1 cm³/mol. The number of rotatable bonds is 5. The molecular formula is C10H15ClN2O2. The third kappa shape index (κ3) is 3.55. The molecule has 1 aromatic heterocycles. The van der Waals surface area contributed by atoms with Gasteiger partial charge in [-0.2, -0.15) is 0 Å². The van der Waals surface area contributed by atoms with Crippen LogP contribution in [0, 0.1) is 12.8 Å². The van der Waals surface area contributed by atoms with Gasteiger partial charge >= 0.3 is 0 Å². The molecule has 1 rings (SSSR count). The Labute approximate surface area is 94.0 Å². The Morgan fingerprint density at radius 1 is 1.73 bits per heavy atom. The fraction of sp³-hybridized carbons (Fsp3) is 0.600. The first-order chi connectivity index (χ1) is 7.15. The lowest BCUT2D eigenvalue weighted by Gasteiger charge is -2.10. The third-order valence-electron chi connectivity index (χ3n) is 2.21. The van der Waals surface area contributed by atoms with Crippen molar-refractivity contribution in [2.24, 2.45) is 5.92 Å². The molecule has 0 aliphatic carbocycles. The molecule has 5 heteroatoms. The smallest absolute Gasteiger partial charge is 0.256 e. The second-order valence-electron chi connectivity index (χ2n) is 3.59. The van der Waals surface area contributed by atoms with Crippen molar-refractivity contribution in [2.45, 2.75) is 20.3 Å². The Morgan fingerprint density at radius 3 is 3.00 bits per heavy atom. The number of carbonyl (C=O) groups is 1. The number of alkyl halides is 1. The number of halogens is 1. The van der Waals surface area contributed by atoms with Crippen LogP contribution in [0.3, 0.4) is 0 Å². The molecule has 0 spiro atoms. The maximum atomic E-state index is 11.6. The highest BCUT2D eigenvalue weighted by Crippen LogP contribution is 2.06. The zero-order chi connectivity index (χ0) is 11.3. The van der Waals surface area contributed by atoms with E-state index in [1.807, 2.05) is 6.92 Å². The van der Waals surface area contributed by atoms with Gasteiger partial charge in [0.1, 0.15) is 11.3 Å². The van der Waals surface area contributed by atoms with E-state index in [1.165, 1.54) is 6.20 Å². The van der Waals surface area contributed by atoms with Gasteiger partial charge in [-0.25, -0.2) is 0 Å². The summed E-state index contributed by atoms with van der Waals surface area (Å²) in [7, 11) is 0. The van der Waals surface area contributed by atoms with Gasteiger partial charge in [0, 0.05) is 12.4 Å². The summed E-state index contributed by atoms with van der Waals surface area (Å²) < 4.78 is 4.81. The lowest BCUT2D eigenvalue weighted by atomic mass is 10.1. The molecule has 0 aliphatic heterocycles. The van der Waals surface area contributed by atoms with Crippen molar-refractivity contribution < 1.29 is 9.32 Å². The minimum Gasteiger partial charge on any atom is -0.361 e. The summed E-state index contributed by atoms with van der Waals surface area (Å²) in [4.78, 5) is 11.6. The Balaban J connectivity index is 2.40. The summed E-state index contributed by atoms with van der Waals surface area (Å²) in [5.41, 5.74) is 0.494. The van der Waals surface area contributed by atoms with Crippen LogP contribution < -0.4 is 5.32 Å². The molecule has 15 heavy (non-hydrogen) atoms. The van der Waals surface area contributed by atoms with Crippen molar-refractivity contribution in [2.75, 3.05) is 12.4 Å². The van der Waals surface area contributed by atoms with Gasteiger partial charge in [0.05, 0.1) is 6.20 Å². The van der Waals surface area contributed by atoms with E-state index in [9.17, 15) is 4.79 Å². The van der Waals surface area contributed by atoms with E-state index in [2.05, 4.69) is 10.5 Å². The molecular weight excluding hydrogens is 216 g/mol. The molecule has 0 saturated carbocycles. The van der Waals surface area contributed by atoms with E-state index in [-0.39, 0.29) is 5.91 Å². The third-order valence-corrected chi connectivity index (χ3v) is 2.43. The first-order valence-corrected chi connectivity index (χ1v) is 5.44. The zero-order valence-corrected chi connectivity index (χ0v) is 9.67. The van der Waals surface area contributed by atoms with Gasteiger partial charge in [-0.1, -0.05) is 12.1 Å². The Hall–Kier alpha value is -1.03. The van der Waals surface area contributed by atoms with Crippen LogP contribution in [0.5, 0.6) is 0 Å². The van der Waals surface area contributed by atoms with Crippen molar-refractivity contribution in [3.8, 4) is 0 Å². The molecule has 0 bridgehead atoms. The number of aryl methyl sites for hydroxylation is 1. The second kappa shape index (κ2) is 5.75. The maximum Gasteiger partial charge on any atom is 0.256 e. The van der Waals surface area contributed by atoms with Crippen LogP contribution in [0.1, 0.15) is 29.5 Å². The summed E-state index contributed by atoms with van der Waals surface area (Å²) in [6.07, 6.45) is 2.32. The lowest BCUT2D eigenvalue weighted by Crippen LogP contribution is -2.28. The van der Waals surface area contributed by atoms with E-state index in [0.29, 0.717) is 29.7 Å². The van der Waals surface area contributed by atoms with E-state index >= 15 is 0 Å². The van der Waals surface area contributed by atoms with Crippen LogP contribution >= 0.6 is 11.6 Å². The van der Waals surface area contributed by atoms with Crippen LogP contribution in [0.15, 0.2) is 10.7 Å². The molecule has 1 amide bonds. The number of amides is 1. The van der Waals surface area contributed by atoms with Gasteiger partial charge in [-0.15, -0.1) is 11.6 Å². The van der Waals surface area contributed by atoms with Crippen molar-refractivity contribution in [1.29, 1.82) is 0 Å². The lowest BCUT2D eigenvalue weighted by molar-refractivity contribution is 0.0946. The highest BCUT2D eigenvalue weighted by atomic mass is 35.5. The molecule has 4 nitrogen and oxygen atoms in total. The summed E-state index contributed by atoms with van der Waals surface area (Å²) in [6, 6.07) is 0. The van der Waals surface area contributed by atoms with Gasteiger partial charge in [-0.3, -0.25) is 4.79 Å². The summed E-state index contributed by atoms with van der Waals surface area (Å²) in [5, 5.41) is 6.36. The number of hydrogen-bond acceptors (Lipinski definition) is 3. The van der Waals surface area contributed by atoms with E-state index in [1.54, 1.807) is 6.92 Å². The second-order valence-corrected chi connectivity index (χ2v) is 3.97. The quantitative estimate of drug-likeness (QED) is 0.787. The molecule has 1 heterocycles. The number of hydrogen-bond donors (Lipinski definition) is 1. The van der Waals surface area contributed by atoms with E-state index in [4.69, 9.17) is 16.1 Å². The topological polar surface area (TPSA) is 55.1 Å². The Kier molecular flexibility index (Phi) is 4.62. The van der Waals surface area contributed by atoms with Crippen molar-refractivity contribution >= 4 is 17.5 Å². The average molecular weight is 231 g/mol. The molecule has 0 aliphatic rings. The monoisotopic (exact) mass is 230 g/mol. The Bertz CT molecular complexity index is 325. The van der Waals surface area contributed by atoms with Crippen molar-refractivity contribution in [1.82, 2.24) is 10.5 Å². The molecule has 1 unspecified atom stereocenters. The van der Waals surface area contributed by atoms with Crippen LogP contribution in [0.25, 0.3) is 0 Å². The molecule has 1 atom stereocenters. The molecule has 0 saturated heterocycles. The minimum absolute atomic E-state index is 0.143. The molecule has 84 valence electrons. The van der Waals surface area contributed by atoms with Crippen LogP contribution in [0.2, 0.25) is 0 Å². The number of nitrogens with one attached hydrogen (secondary N) is 1. The fourth-order valence-electron chi connectivity index (χ4n) is 1.17. The number of aromatic nitrogens is 1. The van der Waals surface area contributed by atoms with Gasteiger partial charge in [0.15, 0.2) is 0 Å². The van der Waals surface area contributed by atoms with Crippen molar-refractivity contribution in [3.05, 3.63) is 17.5 Å². The predicted octanol–water partition coefficient (Wildman–Crippen LogP) is 1.98. The fourth-order valence-corrected chi connectivity index (χ4v) is 1.54. The minimum atomic E-state index is -0.143. The van der Waals surface area contributed by atoms with Gasteiger partial charge in [0.25, 0.3) is 5.91 Å². The molecule has 0 fully saturated rings. The van der Waals surface area contributed by atoms with Crippen LogP contribution in [0.4, 0.5) is 0 Å². The van der Waals surface area contributed by atoms with E-state index in [0.717, 1.165) is 6.42 Å². The molecule has 1 aromatic rings. The normalized spacial score (nSPS) is 12.5. The standard InChI is InChI=1S/C10H15ClN2O2/c1-7(3-4-11)5-12-10(14)9-6-13-15-8(9)2/h6-7H,3-5H2,1-2H3,(H,12,14). The highest BCUT2D eigenvalue weighted by molar-refractivity contribution is 6.17. The average Bonchev–Trinajstić information content (AvgIpc) is 2.61. The number of carbonyl (C=O) groups excluding carboxylic acids is 1. The Morgan fingerprint density at radius 2 is 2.47 bits per heavy atom. The molecule has 0 radical (unpaired) electrons. The summed E-state index contributed by atoms with van der Waals surface area (Å²) in [6.45, 7) is 4.38. The van der Waals surface area contributed by atoms with Crippen LogP contribution in [-0.4, -0.2) is 23.5 Å². The van der Waals surface area contributed by atoms with E-state index < -0.39 is 0 Å². The number of nitrogens with zero attached hydrogens (tertiary/aromatic N) is 1. The highest BCUT2D eigenvalue weighted by Gasteiger charge is 2.13. The van der Waals surface area contributed by atoms with Gasteiger partial charge in [0.2, 0.25) is 0 Å². The first-order valence-electron chi connectivity index (χ1n) is 4.90. The SMILES string of the molecule is Cc1oncc1C(=O)NCC(C)CCCl. The molecule has 1 N–H and O–H groups in total. The van der Waals surface area contributed by atoms with Crippen molar-refractivity contribution in [3.63, 3.8) is 0 Å². The molecule has 0 aromatic carbocycles. The first kappa shape index (κ1) is 12.0.